The van der Waals surface area contributed by atoms with Crippen molar-refractivity contribution in [3.63, 3.8) is 0 Å². The maximum absolute atomic E-state index is 12.2. The SMILES string of the molecule is Cl.N[C@H]1CCN(C(=O)OCc2ccccc2)[C@@H]1CCCC(=O)O. The van der Waals surface area contributed by atoms with Crippen molar-refractivity contribution in [1.29, 1.82) is 0 Å². The minimum absolute atomic E-state index is 0. The lowest BCUT2D eigenvalue weighted by atomic mass is 10.0. The van der Waals surface area contributed by atoms with E-state index in [4.69, 9.17) is 15.6 Å². The van der Waals surface area contributed by atoms with E-state index in [-0.39, 0.29) is 43.6 Å². The van der Waals surface area contributed by atoms with Gasteiger partial charge in [0.05, 0.1) is 6.04 Å². The van der Waals surface area contributed by atoms with Crippen molar-refractivity contribution in [2.24, 2.45) is 5.73 Å². The van der Waals surface area contributed by atoms with E-state index < -0.39 is 5.97 Å². The number of halogens is 1. The van der Waals surface area contributed by atoms with Gasteiger partial charge in [-0.25, -0.2) is 4.79 Å². The van der Waals surface area contributed by atoms with Gasteiger partial charge < -0.3 is 20.5 Å². The molecule has 1 aliphatic rings. The average molecular weight is 343 g/mol. The number of aliphatic carboxylic acids is 1. The molecule has 1 heterocycles. The van der Waals surface area contributed by atoms with Crippen molar-refractivity contribution < 1.29 is 19.4 Å². The second-order valence-electron chi connectivity index (χ2n) is 5.54. The zero-order valence-electron chi connectivity index (χ0n) is 12.9. The molecule has 0 aromatic heterocycles. The third kappa shape index (κ3) is 5.73. The molecule has 6 nitrogen and oxygen atoms in total. The quantitative estimate of drug-likeness (QED) is 0.828. The molecule has 1 aliphatic heterocycles. The molecule has 23 heavy (non-hydrogen) atoms. The molecule has 0 radical (unpaired) electrons. The molecule has 2 rings (SSSR count). The van der Waals surface area contributed by atoms with Crippen molar-refractivity contribution in [2.45, 2.75) is 44.4 Å². The number of ether oxygens (including phenoxy) is 1. The lowest BCUT2D eigenvalue weighted by Crippen LogP contribution is -2.42. The molecule has 0 unspecified atom stereocenters. The molecule has 1 amide bonds. The number of hydrogen-bond acceptors (Lipinski definition) is 4. The van der Waals surface area contributed by atoms with Gasteiger partial charge in [-0.2, -0.15) is 0 Å². The fraction of sp³-hybridized carbons (Fsp3) is 0.500. The third-order valence-electron chi connectivity index (χ3n) is 3.93. The number of nitrogens with zero attached hydrogens (tertiary/aromatic N) is 1. The summed E-state index contributed by atoms with van der Waals surface area (Å²) in [6.07, 6.45) is 1.54. The van der Waals surface area contributed by atoms with E-state index in [9.17, 15) is 9.59 Å². The van der Waals surface area contributed by atoms with Crippen molar-refractivity contribution in [3.05, 3.63) is 35.9 Å². The summed E-state index contributed by atoms with van der Waals surface area (Å²) >= 11 is 0. The highest BCUT2D eigenvalue weighted by Gasteiger charge is 2.35. The Morgan fingerprint density at radius 1 is 1.30 bits per heavy atom. The molecule has 0 aliphatic carbocycles. The molecule has 1 saturated heterocycles. The van der Waals surface area contributed by atoms with Crippen LogP contribution in [0.1, 0.15) is 31.2 Å². The van der Waals surface area contributed by atoms with Gasteiger partial charge in [-0.15, -0.1) is 12.4 Å². The molecular formula is C16H23ClN2O4. The number of nitrogens with two attached hydrogens (primary N) is 1. The van der Waals surface area contributed by atoms with Gasteiger partial charge in [0.2, 0.25) is 0 Å². The highest BCUT2D eigenvalue weighted by Crippen LogP contribution is 2.22. The maximum atomic E-state index is 12.2. The summed E-state index contributed by atoms with van der Waals surface area (Å²) in [4.78, 5) is 24.4. The van der Waals surface area contributed by atoms with Gasteiger partial charge in [0.25, 0.3) is 0 Å². The molecule has 1 aromatic carbocycles. The summed E-state index contributed by atoms with van der Waals surface area (Å²) in [6, 6.07) is 9.23. The van der Waals surface area contributed by atoms with Crippen LogP contribution in [0.4, 0.5) is 4.79 Å². The van der Waals surface area contributed by atoms with Crippen LogP contribution in [0.3, 0.4) is 0 Å². The molecule has 1 fully saturated rings. The normalized spacial score (nSPS) is 20.0. The Morgan fingerprint density at radius 2 is 2.00 bits per heavy atom. The molecule has 2 atom stereocenters. The Labute approximate surface area is 142 Å². The van der Waals surface area contributed by atoms with Crippen molar-refractivity contribution >= 4 is 24.5 Å². The molecule has 1 aromatic rings. The first-order valence-corrected chi connectivity index (χ1v) is 7.52. The number of carbonyl (C=O) groups excluding carboxylic acids is 1. The molecule has 3 N–H and O–H groups in total. The first-order chi connectivity index (χ1) is 10.6. The molecule has 0 bridgehead atoms. The van der Waals surface area contributed by atoms with Crippen molar-refractivity contribution in [3.8, 4) is 0 Å². The van der Waals surface area contributed by atoms with Gasteiger partial charge in [-0.3, -0.25) is 4.79 Å². The summed E-state index contributed by atoms with van der Waals surface area (Å²) in [5.41, 5.74) is 6.97. The van der Waals surface area contributed by atoms with E-state index >= 15 is 0 Å². The Morgan fingerprint density at radius 3 is 2.65 bits per heavy atom. The first kappa shape index (κ1) is 19.3. The number of hydrogen-bond donors (Lipinski definition) is 2. The van der Waals surface area contributed by atoms with E-state index in [2.05, 4.69) is 0 Å². The summed E-state index contributed by atoms with van der Waals surface area (Å²) in [7, 11) is 0. The van der Waals surface area contributed by atoms with E-state index in [0.717, 1.165) is 12.0 Å². The predicted octanol–water partition coefficient (Wildman–Crippen LogP) is 2.40. The van der Waals surface area contributed by atoms with Crippen LogP contribution in [0.15, 0.2) is 30.3 Å². The number of carboxylic acids is 1. The number of carbonyl (C=O) groups is 2. The summed E-state index contributed by atoms with van der Waals surface area (Å²) in [6.45, 7) is 0.791. The van der Waals surface area contributed by atoms with Crippen molar-refractivity contribution in [1.82, 2.24) is 4.90 Å². The van der Waals surface area contributed by atoms with Crippen LogP contribution in [-0.4, -0.2) is 40.7 Å². The monoisotopic (exact) mass is 342 g/mol. The number of carboxylic acid groups (broad SMARTS) is 1. The molecule has 128 valence electrons. The van der Waals surface area contributed by atoms with Gasteiger partial charge in [-0.05, 0) is 24.8 Å². The number of amides is 1. The second kappa shape index (κ2) is 9.37. The second-order valence-corrected chi connectivity index (χ2v) is 5.54. The van der Waals surface area contributed by atoms with E-state index in [1.807, 2.05) is 30.3 Å². The van der Waals surface area contributed by atoms with Gasteiger partial charge in [0, 0.05) is 19.0 Å². The standard InChI is InChI=1S/C16H22N2O4.ClH/c17-13-9-10-18(14(13)7-4-8-15(19)20)16(21)22-11-12-5-2-1-3-6-12;/h1-3,5-6,13-14H,4,7-11,17H2,(H,19,20);1H/t13-,14+;/m0./s1. The highest BCUT2D eigenvalue weighted by molar-refractivity contribution is 5.85. The zero-order valence-corrected chi connectivity index (χ0v) is 13.7. The smallest absolute Gasteiger partial charge is 0.410 e. The van der Waals surface area contributed by atoms with Crippen LogP contribution in [0.25, 0.3) is 0 Å². The van der Waals surface area contributed by atoms with E-state index in [0.29, 0.717) is 19.4 Å². The minimum atomic E-state index is -0.829. The fourth-order valence-corrected chi connectivity index (χ4v) is 2.74. The maximum Gasteiger partial charge on any atom is 0.410 e. The lowest BCUT2D eigenvalue weighted by molar-refractivity contribution is -0.137. The average Bonchev–Trinajstić information content (AvgIpc) is 2.87. The highest BCUT2D eigenvalue weighted by atomic mass is 35.5. The van der Waals surface area contributed by atoms with Crippen LogP contribution in [0, 0.1) is 0 Å². The fourth-order valence-electron chi connectivity index (χ4n) is 2.74. The zero-order chi connectivity index (χ0) is 15.9. The van der Waals surface area contributed by atoms with Gasteiger partial charge in [0.1, 0.15) is 6.61 Å². The topological polar surface area (TPSA) is 92.9 Å². The molecule has 0 spiro atoms. The summed E-state index contributed by atoms with van der Waals surface area (Å²) in [5, 5.41) is 8.70. The Hall–Kier alpha value is -1.79. The van der Waals surface area contributed by atoms with Gasteiger partial charge >= 0.3 is 12.1 Å². The van der Waals surface area contributed by atoms with E-state index in [1.165, 1.54) is 0 Å². The molecular weight excluding hydrogens is 320 g/mol. The Kier molecular flexibility index (Phi) is 7.85. The van der Waals surface area contributed by atoms with Crippen LogP contribution in [-0.2, 0) is 16.1 Å². The largest absolute Gasteiger partial charge is 0.481 e. The summed E-state index contributed by atoms with van der Waals surface area (Å²) < 4.78 is 5.33. The Balaban J connectivity index is 0.00000264. The molecule has 0 saturated carbocycles. The lowest BCUT2D eigenvalue weighted by Gasteiger charge is -2.26. The van der Waals surface area contributed by atoms with Gasteiger partial charge in [0.15, 0.2) is 0 Å². The van der Waals surface area contributed by atoms with Crippen LogP contribution >= 0.6 is 12.4 Å². The predicted molar refractivity (Wildman–Crippen MR) is 88.4 cm³/mol. The molecule has 7 heteroatoms. The third-order valence-corrected chi connectivity index (χ3v) is 3.93. The minimum Gasteiger partial charge on any atom is -0.481 e. The number of likely N-dealkylation sites (tertiary alicyclic amines) is 1. The number of rotatable bonds is 6. The first-order valence-electron chi connectivity index (χ1n) is 7.52. The van der Waals surface area contributed by atoms with Gasteiger partial charge in [-0.1, -0.05) is 30.3 Å². The van der Waals surface area contributed by atoms with Crippen LogP contribution in [0.5, 0.6) is 0 Å². The number of benzene rings is 1. The summed E-state index contributed by atoms with van der Waals surface area (Å²) in [5.74, 6) is -0.829. The van der Waals surface area contributed by atoms with Crippen LogP contribution in [0.2, 0.25) is 0 Å². The van der Waals surface area contributed by atoms with Crippen LogP contribution < -0.4 is 5.73 Å². The van der Waals surface area contributed by atoms with E-state index in [1.54, 1.807) is 4.90 Å². The Bertz CT molecular complexity index is 512. The van der Waals surface area contributed by atoms with Crippen molar-refractivity contribution in [2.75, 3.05) is 6.54 Å².